The van der Waals surface area contributed by atoms with Gasteiger partial charge in [-0.15, -0.1) is 0 Å². The van der Waals surface area contributed by atoms with Gasteiger partial charge in [-0.25, -0.2) is 15.0 Å². The third-order valence-electron chi connectivity index (χ3n) is 17.5. The molecule has 0 radical (unpaired) electrons. The summed E-state index contributed by atoms with van der Waals surface area (Å²) in [5, 5.41) is 22.9. The second kappa shape index (κ2) is 28.0. The lowest BCUT2D eigenvalue weighted by atomic mass is 9.98. The Bertz CT molecular complexity index is 4820. The van der Waals surface area contributed by atoms with Crippen LogP contribution in [0.25, 0.3) is 50.7 Å². The lowest BCUT2D eigenvalue weighted by Gasteiger charge is -2.28. The molecular formula is C75H73N15O4. The van der Waals surface area contributed by atoms with Crippen molar-refractivity contribution in [2.45, 2.75) is 53.1 Å². The highest BCUT2D eigenvalue weighted by Gasteiger charge is 2.19. The van der Waals surface area contributed by atoms with Crippen molar-refractivity contribution >= 4 is 57.2 Å². The number of aryl methyl sites for hydroxylation is 3. The van der Waals surface area contributed by atoms with Crippen LogP contribution >= 0.6 is 0 Å². The number of fused-ring (bicyclic) bond motifs is 3. The molecule has 0 saturated carbocycles. The van der Waals surface area contributed by atoms with Crippen LogP contribution in [-0.2, 0) is 17.7 Å². The zero-order chi connectivity index (χ0) is 64.5. The number of imidazole rings is 3. The first-order valence-electron chi connectivity index (χ1n) is 31.6. The van der Waals surface area contributed by atoms with Crippen molar-refractivity contribution in [3.05, 3.63) is 274 Å². The number of carbonyl (C=O) groups excluding carboxylic acids is 2. The number of H-pyrrole nitrogens is 2. The number of nitrogens with zero attached hydrogens (tertiary/aromatic N) is 8. The quantitative estimate of drug-likeness (QED) is 0.0510. The molecule has 0 spiro atoms. The maximum Gasteiger partial charge on any atom is 0.251 e. The molecule has 94 heavy (non-hydrogen) atoms. The average Bonchev–Trinajstić information content (AvgIpc) is 1.55. The summed E-state index contributed by atoms with van der Waals surface area (Å²) in [6.45, 7) is 14.4. The molecule has 2 saturated heterocycles. The lowest BCUT2D eigenvalue weighted by Crippen LogP contribution is -2.36. The van der Waals surface area contributed by atoms with Gasteiger partial charge >= 0.3 is 0 Å². The summed E-state index contributed by atoms with van der Waals surface area (Å²) in [5.41, 5.74) is 23.3. The van der Waals surface area contributed by atoms with E-state index in [0.717, 1.165) is 126 Å². The molecular weight excluding hydrogens is 1170 g/mol. The molecule has 1 atom stereocenters. The maximum absolute atomic E-state index is 12.6. The Morgan fingerprint density at radius 3 is 1.80 bits per heavy atom. The lowest BCUT2D eigenvalue weighted by molar-refractivity contribution is 0.0935. The summed E-state index contributed by atoms with van der Waals surface area (Å²) in [6.07, 6.45) is 18.4. The predicted octanol–water partition coefficient (Wildman–Crippen LogP) is 12.6. The molecule has 2 aliphatic heterocycles. The summed E-state index contributed by atoms with van der Waals surface area (Å²) in [5.74, 6) is -0.155. The van der Waals surface area contributed by atoms with E-state index in [9.17, 15) is 14.4 Å². The smallest absolute Gasteiger partial charge is 0.251 e. The second-order valence-electron chi connectivity index (χ2n) is 23.7. The molecule has 7 N–H and O–H groups in total. The van der Waals surface area contributed by atoms with Gasteiger partial charge in [-0.05, 0) is 194 Å². The van der Waals surface area contributed by atoms with Gasteiger partial charge in [-0.3, -0.25) is 32.7 Å². The second-order valence-corrected chi connectivity index (χ2v) is 23.7. The molecule has 1 unspecified atom stereocenters. The minimum atomic E-state index is -0.156. The summed E-state index contributed by atoms with van der Waals surface area (Å²) >= 11 is 0. The highest BCUT2D eigenvalue weighted by Crippen LogP contribution is 2.31. The number of aromatic amines is 2. The Kier molecular flexibility index (Phi) is 18.3. The number of anilines is 5. The maximum atomic E-state index is 12.6. The Morgan fingerprint density at radius 2 is 1.19 bits per heavy atom. The number of carbonyl (C=O) groups is 2. The topological polar surface area (TPSA) is 220 Å². The monoisotopic (exact) mass is 1250 g/mol. The Morgan fingerprint density at radius 1 is 0.596 bits per heavy atom. The Balaban J connectivity index is 0.000000128. The highest BCUT2D eigenvalue weighted by atomic mass is 16.5. The summed E-state index contributed by atoms with van der Waals surface area (Å²) in [4.78, 5) is 55.4. The van der Waals surface area contributed by atoms with E-state index in [1.807, 2.05) is 132 Å². The first-order valence-corrected chi connectivity index (χ1v) is 31.6. The summed E-state index contributed by atoms with van der Waals surface area (Å²) < 4.78 is 11.6. The zero-order valence-corrected chi connectivity index (χ0v) is 52.9. The average molecular weight is 1250 g/mol. The largest absolute Gasteiger partial charge is 0.378 e. The highest BCUT2D eigenvalue weighted by molar-refractivity contribution is 5.95. The van der Waals surface area contributed by atoms with E-state index in [1.165, 1.54) is 44.8 Å². The molecule has 2 fully saturated rings. The third-order valence-corrected chi connectivity index (χ3v) is 17.5. The SMILES string of the molecule is Cc1cc(-c2ccc(Cc3ccc(N4CCOCC4)cc3)c3nccn23)cc(C)c1C.Cc1ccccc1CNC(=O)c1ccc(Nc2ccc(-c3cc[nH]c(=O)c3)n3ccnc23)cc1.O=C(NC1CCNC1)c1ccc(Nc2ccc(-c3cn[nH]c3)n3ccnc23)cc1. The van der Waals surface area contributed by atoms with Gasteiger partial charge in [0, 0.05) is 134 Å². The van der Waals surface area contributed by atoms with Gasteiger partial charge in [0.1, 0.15) is 5.65 Å². The number of hydrogen-bond donors (Lipinski definition) is 7. The van der Waals surface area contributed by atoms with Crippen LogP contribution in [0.1, 0.15) is 66.1 Å². The van der Waals surface area contributed by atoms with Crippen molar-refractivity contribution in [1.29, 1.82) is 0 Å². The number of rotatable bonds is 15. The van der Waals surface area contributed by atoms with Crippen LogP contribution < -0.4 is 37.0 Å². The third kappa shape index (κ3) is 13.9. The molecule has 0 bridgehead atoms. The van der Waals surface area contributed by atoms with Crippen LogP contribution in [-0.4, -0.2) is 101 Å². The van der Waals surface area contributed by atoms with Crippen molar-refractivity contribution in [2.75, 3.05) is 54.9 Å². The standard InChI is InChI=1S/C27H23N5O2.C27H29N3O.C21H21N7O/c1-18-4-2-3-5-21(18)17-30-27(34)19-6-8-22(9-7-19)31-23-10-11-24(32-15-14-29-26(23)32)20-12-13-28-25(33)16-20;1-19-16-24(17-20(2)21(19)3)26-9-6-23(27-28-10-11-30(26)27)18-22-4-7-25(8-5-22)29-12-14-31-15-13-29;29-21(27-17-7-8-22-13-17)14-1-3-16(4-2-14)26-18-5-6-19(15-11-24-25-12-15)28-10-9-23-20(18)28/h2-16,31H,17H2,1H3,(H,28,33)(H,30,34);4-11,16-17H,12-15,18H2,1-3H3;1-6,9-12,17,22,26H,7-8,13H2,(H,24,25)(H,27,29). The number of pyridine rings is 4. The number of amides is 2. The van der Waals surface area contributed by atoms with E-state index in [0.29, 0.717) is 17.7 Å². The van der Waals surface area contributed by atoms with Crippen molar-refractivity contribution in [3.8, 4) is 33.8 Å². The van der Waals surface area contributed by atoms with Gasteiger partial charge in [0.25, 0.3) is 11.8 Å². The van der Waals surface area contributed by atoms with E-state index in [4.69, 9.17) is 9.72 Å². The molecule has 2 aliphatic rings. The molecule has 19 nitrogen and oxygen atoms in total. The number of nitrogens with one attached hydrogen (secondary N) is 7. The summed E-state index contributed by atoms with van der Waals surface area (Å²) in [7, 11) is 0. The fraction of sp³-hybridized carbons (Fsp3) is 0.187. The van der Waals surface area contributed by atoms with Crippen molar-refractivity contribution in [1.82, 2.24) is 59.3 Å². The van der Waals surface area contributed by atoms with Gasteiger partial charge in [-0.2, -0.15) is 5.10 Å². The Labute approximate surface area is 544 Å². The van der Waals surface area contributed by atoms with E-state index in [2.05, 4.69) is 137 Å². The zero-order valence-electron chi connectivity index (χ0n) is 52.9. The molecule has 13 aromatic rings. The molecule has 5 aromatic carbocycles. The van der Waals surface area contributed by atoms with E-state index >= 15 is 0 Å². The molecule has 472 valence electrons. The number of morpholine rings is 1. The number of aromatic nitrogens is 9. The fourth-order valence-corrected chi connectivity index (χ4v) is 12.0. The van der Waals surface area contributed by atoms with Crippen molar-refractivity contribution in [3.63, 3.8) is 0 Å². The van der Waals surface area contributed by atoms with Crippen LogP contribution in [0.4, 0.5) is 28.4 Å². The van der Waals surface area contributed by atoms with E-state index < -0.39 is 0 Å². The van der Waals surface area contributed by atoms with Gasteiger partial charge in [0.05, 0.1) is 47.9 Å². The van der Waals surface area contributed by atoms with Gasteiger partial charge in [-0.1, -0.05) is 42.5 Å². The number of ether oxygens (including phenoxy) is 1. The van der Waals surface area contributed by atoms with Crippen LogP contribution in [0.15, 0.2) is 218 Å². The fourth-order valence-electron chi connectivity index (χ4n) is 12.0. The predicted molar refractivity (Wildman–Crippen MR) is 372 cm³/mol. The molecule has 15 rings (SSSR count). The van der Waals surface area contributed by atoms with Crippen LogP contribution in [0, 0.1) is 27.7 Å². The first kappa shape index (κ1) is 61.4. The summed E-state index contributed by atoms with van der Waals surface area (Å²) in [6, 6.07) is 52.3. The van der Waals surface area contributed by atoms with E-state index in [-0.39, 0.29) is 23.4 Å². The minimum Gasteiger partial charge on any atom is -0.378 e. The van der Waals surface area contributed by atoms with E-state index in [1.54, 1.807) is 43.0 Å². The number of benzene rings is 5. The van der Waals surface area contributed by atoms with Crippen LogP contribution in [0.3, 0.4) is 0 Å². The van der Waals surface area contributed by atoms with Gasteiger partial charge < -0.3 is 41.2 Å². The molecule has 19 heteroatoms. The molecule has 8 aromatic heterocycles. The molecule has 0 aliphatic carbocycles. The number of hydrogen-bond acceptors (Lipinski definition) is 12. The normalized spacial score (nSPS) is 13.7. The minimum absolute atomic E-state index is 0.0367. The molecule has 2 amide bonds. The van der Waals surface area contributed by atoms with Crippen molar-refractivity contribution < 1.29 is 14.3 Å². The van der Waals surface area contributed by atoms with Gasteiger partial charge in [0.2, 0.25) is 5.56 Å². The van der Waals surface area contributed by atoms with Crippen molar-refractivity contribution in [2.24, 2.45) is 0 Å². The van der Waals surface area contributed by atoms with Crippen LogP contribution in [0.2, 0.25) is 0 Å². The van der Waals surface area contributed by atoms with Crippen LogP contribution in [0.5, 0.6) is 0 Å². The molecule has 10 heterocycles. The van der Waals surface area contributed by atoms with Gasteiger partial charge in [0.15, 0.2) is 11.3 Å². The Hall–Kier alpha value is -11.4. The first-order chi connectivity index (χ1) is 46.0.